The van der Waals surface area contributed by atoms with Crippen LogP contribution in [0.1, 0.15) is 12.5 Å². The Hall–Kier alpha value is -1.32. The minimum absolute atomic E-state index is 0.579. The number of nitrogens with two attached hydrogens (primary N) is 1. The van der Waals surface area contributed by atoms with Crippen molar-refractivity contribution in [2.45, 2.75) is 20.2 Å². The molecule has 0 unspecified atom stereocenters. The molecule has 0 saturated heterocycles. The van der Waals surface area contributed by atoms with Gasteiger partial charge < -0.3 is 15.0 Å². The van der Waals surface area contributed by atoms with Gasteiger partial charge in [0.2, 0.25) is 0 Å². The SMILES string of the molecule is CCOCn1ccc2c(CN)cccc21. The van der Waals surface area contributed by atoms with E-state index >= 15 is 0 Å². The number of ether oxygens (including phenoxy) is 1. The summed E-state index contributed by atoms with van der Waals surface area (Å²) in [6.07, 6.45) is 2.04. The molecule has 1 aromatic carbocycles. The van der Waals surface area contributed by atoms with Gasteiger partial charge in [0.15, 0.2) is 0 Å². The fraction of sp³-hybridized carbons (Fsp3) is 0.333. The molecule has 0 fully saturated rings. The fourth-order valence-corrected chi connectivity index (χ4v) is 1.77. The first-order chi connectivity index (χ1) is 7.36. The summed E-state index contributed by atoms with van der Waals surface area (Å²) in [7, 11) is 0. The van der Waals surface area contributed by atoms with E-state index in [9.17, 15) is 0 Å². The maximum absolute atomic E-state index is 5.68. The molecular formula is C12H16N2O. The van der Waals surface area contributed by atoms with Crippen LogP contribution in [0.3, 0.4) is 0 Å². The highest BCUT2D eigenvalue weighted by atomic mass is 16.5. The minimum Gasteiger partial charge on any atom is -0.361 e. The van der Waals surface area contributed by atoms with E-state index < -0.39 is 0 Å². The molecule has 2 N–H and O–H groups in total. The van der Waals surface area contributed by atoms with Crippen LogP contribution in [-0.4, -0.2) is 11.2 Å². The first-order valence-corrected chi connectivity index (χ1v) is 5.21. The van der Waals surface area contributed by atoms with Gasteiger partial charge in [0, 0.05) is 24.7 Å². The molecular weight excluding hydrogens is 188 g/mol. The van der Waals surface area contributed by atoms with E-state index in [1.807, 2.05) is 19.2 Å². The summed E-state index contributed by atoms with van der Waals surface area (Å²) >= 11 is 0. The molecule has 0 atom stereocenters. The van der Waals surface area contributed by atoms with Gasteiger partial charge in [0.25, 0.3) is 0 Å². The van der Waals surface area contributed by atoms with Crippen molar-refractivity contribution in [2.75, 3.05) is 6.61 Å². The van der Waals surface area contributed by atoms with E-state index in [1.165, 1.54) is 16.5 Å². The van der Waals surface area contributed by atoms with Crippen molar-refractivity contribution >= 4 is 10.9 Å². The number of aromatic nitrogens is 1. The van der Waals surface area contributed by atoms with Crippen LogP contribution in [0.2, 0.25) is 0 Å². The Morgan fingerprint density at radius 3 is 2.93 bits per heavy atom. The second kappa shape index (κ2) is 4.47. The Kier molecular flexibility index (Phi) is 3.04. The van der Waals surface area contributed by atoms with E-state index in [-0.39, 0.29) is 0 Å². The van der Waals surface area contributed by atoms with Gasteiger partial charge in [-0.25, -0.2) is 0 Å². The molecule has 0 aliphatic carbocycles. The standard InChI is InChI=1S/C12H16N2O/c1-2-15-9-14-7-6-11-10(8-13)4-3-5-12(11)14/h3-7H,2,8-9,13H2,1H3. The summed E-state index contributed by atoms with van der Waals surface area (Å²) in [5.41, 5.74) is 8.05. The maximum atomic E-state index is 5.68. The topological polar surface area (TPSA) is 40.2 Å². The molecule has 0 bridgehead atoms. The van der Waals surface area contributed by atoms with Crippen molar-refractivity contribution in [1.29, 1.82) is 0 Å². The first-order valence-electron chi connectivity index (χ1n) is 5.21. The number of fused-ring (bicyclic) bond motifs is 1. The molecule has 3 nitrogen and oxygen atoms in total. The Balaban J connectivity index is 2.42. The summed E-state index contributed by atoms with van der Waals surface area (Å²) in [5.74, 6) is 0. The molecule has 3 heteroatoms. The van der Waals surface area contributed by atoms with Crippen LogP contribution in [0.15, 0.2) is 30.5 Å². The van der Waals surface area contributed by atoms with E-state index in [1.54, 1.807) is 0 Å². The molecule has 2 rings (SSSR count). The minimum atomic E-state index is 0.579. The third-order valence-electron chi connectivity index (χ3n) is 2.56. The smallest absolute Gasteiger partial charge is 0.122 e. The van der Waals surface area contributed by atoms with E-state index in [2.05, 4.69) is 22.8 Å². The Labute approximate surface area is 89.4 Å². The third kappa shape index (κ3) is 1.89. The van der Waals surface area contributed by atoms with Crippen molar-refractivity contribution in [1.82, 2.24) is 4.57 Å². The third-order valence-corrected chi connectivity index (χ3v) is 2.56. The monoisotopic (exact) mass is 204 g/mol. The van der Waals surface area contributed by atoms with Gasteiger partial charge in [0.05, 0.1) is 5.52 Å². The lowest BCUT2D eigenvalue weighted by atomic mass is 10.1. The van der Waals surface area contributed by atoms with Crippen LogP contribution in [0.25, 0.3) is 10.9 Å². The second-order valence-corrected chi connectivity index (χ2v) is 3.46. The first kappa shape index (κ1) is 10.2. The zero-order valence-electron chi connectivity index (χ0n) is 8.94. The zero-order chi connectivity index (χ0) is 10.7. The highest BCUT2D eigenvalue weighted by Crippen LogP contribution is 2.19. The number of nitrogens with zero attached hydrogens (tertiary/aromatic N) is 1. The van der Waals surface area contributed by atoms with Crippen molar-refractivity contribution < 1.29 is 4.74 Å². The zero-order valence-corrected chi connectivity index (χ0v) is 8.94. The molecule has 15 heavy (non-hydrogen) atoms. The Bertz CT molecular complexity index is 448. The number of benzene rings is 1. The molecule has 0 amide bonds. The molecule has 0 radical (unpaired) electrons. The average Bonchev–Trinajstić information content (AvgIpc) is 2.69. The van der Waals surface area contributed by atoms with Gasteiger partial charge in [-0.05, 0) is 24.6 Å². The average molecular weight is 204 g/mol. The highest BCUT2D eigenvalue weighted by molar-refractivity contribution is 5.83. The molecule has 2 aromatic rings. The van der Waals surface area contributed by atoms with E-state index in [0.717, 1.165) is 6.61 Å². The molecule has 0 aliphatic heterocycles. The summed E-state index contributed by atoms with van der Waals surface area (Å²) < 4.78 is 7.49. The Morgan fingerprint density at radius 2 is 2.20 bits per heavy atom. The van der Waals surface area contributed by atoms with Crippen LogP contribution in [-0.2, 0) is 18.0 Å². The second-order valence-electron chi connectivity index (χ2n) is 3.46. The number of hydrogen-bond acceptors (Lipinski definition) is 2. The van der Waals surface area contributed by atoms with Crippen LogP contribution >= 0.6 is 0 Å². The lowest BCUT2D eigenvalue weighted by Crippen LogP contribution is -2.01. The number of hydrogen-bond donors (Lipinski definition) is 1. The summed E-state index contributed by atoms with van der Waals surface area (Å²) in [6.45, 7) is 3.91. The molecule has 1 aromatic heterocycles. The van der Waals surface area contributed by atoms with E-state index in [0.29, 0.717) is 13.3 Å². The van der Waals surface area contributed by atoms with Gasteiger partial charge in [-0.15, -0.1) is 0 Å². The largest absolute Gasteiger partial charge is 0.361 e. The molecule has 0 aliphatic rings. The molecule has 80 valence electrons. The van der Waals surface area contributed by atoms with Gasteiger partial charge in [-0.2, -0.15) is 0 Å². The van der Waals surface area contributed by atoms with Crippen LogP contribution in [0, 0.1) is 0 Å². The molecule has 1 heterocycles. The summed E-state index contributed by atoms with van der Waals surface area (Å²) in [4.78, 5) is 0. The van der Waals surface area contributed by atoms with Crippen LogP contribution in [0.4, 0.5) is 0 Å². The lowest BCUT2D eigenvalue weighted by molar-refractivity contribution is 0.0909. The van der Waals surface area contributed by atoms with Crippen molar-refractivity contribution in [3.05, 3.63) is 36.0 Å². The predicted octanol–water partition coefficient (Wildman–Crippen LogP) is 2.09. The summed E-state index contributed by atoms with van der Waals surface area (Å²) in [5, 5.41) is 1.22. The Morgan fingerprint density at radius 1 is 1.33 bits per heavy atom. The van der Waals surface area contributed by atoms with Crippen molar-refractivity contribution in [2.24, 2.45) is 5.73 Å². The molecule has 0 saturated carbocycles. The van der Waals surface area contributed by atoms with Gasteiger partial charge >= 0.3 is 0 Å². The van der Waals surface area contributed by atoms with E-state index in [4.69, 9.17) is 10.5 Å². The van der Waals surface area contributed by atoms with Crippen LogP contribution < -0.4 is 5.73 Å². The highest BCUT2D eigenvalue weighted by Gasteiger charge is 2.03. The van der Waals surface area contributed by atoms with Gasteiger partial charge in [0.1, 0.15) is 6.73 Å². The maximum Gasteiger partial charge on any atom is 0.122 e. The number of rotatable bonds is 4. The fourth-order valence-electron chi connectivity index (χ4n) is 1.77. The lowest BCUT2D eigenvalue weighted by Gasteiger charge is -2.06. The summed E-state index contributed by atoms with van der Waals surface area (Å²) in [6, 6.07) is 8.28. The van der Waals surface area contributed by atoms with Gasteiger partial charge in [-0.3, -0.25) is 0 Å². The van der Waals surface area contributed by atoms with Crippen molar-refractivity contribution in [3.8, 4) is 0 Å². The van der Waals surface area contributed by atoms with Crippen molar-refractivity contribution in [3.63, 3.8) is 0 Å². The molecule has 0 spiro atoms. The van der Waals surface area contributed by atoms with Gasteiger partial charge in [-0.1, -0.05) is 12.1 Å². The predicted molar refractivity (Wildman–Crippen MR) is 61.5 cm³/mol. The normalized spacial score (nSPS) is 11.1. The quantitative estimate of drug-likeness (QED) is 0.828. The van der Waals surface area contributed by atoms with Crippen LogP contribution in [0.5, 0.6) is 0 Å².